The number of hydrogen-bond acceptors (Lipinski definition) is 3. The maximum absolute atomic E-state index is 11.9. The summed E-state index contributed by atoms with van der Waals surface area (Å²) in [5.74, 6) is 2.08. The van der Waals surface area contributed by atoms with E-state index in [-0.39, 0.29) is 5.78 Å². The molecule has 0 bridgehead atoms. The third-order valence-electron chi connectivity index (χ3n) is 3.31. The fraction of sp³-hybridized carbons (Fsp3) is 0.235. The largest absolute Gasteiger partial charge is 0.489 e. The van der Waals surface area contributed by atoms with Crippen LogP contribution in [0.4, 0.5) is 0 Å². The Morgan fingerprint density at radius 2 is 1.95 bits per heavy atom. The zero-order valence-electron chi connectivity index (χ0n) is 11.2. The first-order chi connectivity index (χ1) is 9.83. The van der Waals surface area contributed by atoms with Crippen LogP contribution in [0.25, 0.3) is 0 Å². The molecule has 0 spiro atoms. The zero-order valence-corrected chi connectivity index (χ0v) is 12.0. The average molecular weight is 284 g/mol. The van der Waals surface area contributed by atoms with Gasteiger partial charge in [-0.15, -0.1) is 11.8 Å². The lowest BCUT2D eigenvalue weighted by Gasteiger charge is -2.09. The van der Waals surface area contributed by atoms with Crippen molar-refractivity contribution in [2.75, 3.05) is 5.75 Å². The smallest absolute Gasteiger partial charge is 0.164 e. The van der Waals surface area contributed by atoms with Crippen molar-refractivity contribution in [3.05, 3.63) is 59.7 Å². The van der Waals surface area contributed by atoms with Gasteiger partial charge in [-0.1, -0.05) is 30.3 Å². The molecule has 0 aliphatic carbocycles. The third-order valence-corrected chi connectivity index (χ3v) is 4.45. The van der Waals surface area contributed by atoms with E-state index in [0.29, 0.717) is 13.0 Å². The molecule has 0 saturated heterocycles. The molecule has 1 aliphatic rings. The predicted octanol–water partition coefficient (Wildman–Crippen LogP) is 4.33. The Labute approximate surface area is 123 Å². The maximum atomic E-state index is 11.9. The lowest BCUT2D eigenvalue weighted by Crippen LogP contribution is -2.00. The molecule has 20 heavy (non-hydrogen) atoms. The molecule has 0 aromatic heterocycles. The normalized spacial score (nSPS) is 14.5. The minimum atomic E-state index is 0.250. The molecule has 0 unspecified atom stereocenters. The van der Waals surface area contributed by atoms with Crippen molar-refractivity contribution < 1.29 is 9.53 Å². The monoisotopic (exact) mass is 284 g/mol. The summed E-state index contributed by atoms with van der Waals surface area (Å²) in [6, 6.07) is 15.9. The van der Waals surface area contributed by atoms with Crippen LogP contribution in [0.2, 0.25) is 0 Å². The molecular formula is C17H16O2S. The van der Waals surface area contributed by atoms with Crippen molar-refractivity contribution in [2.45, 2.75) is 24.3 Å². The minimum absolute atomic E-state index is 0.250. The van der Waals surface area contributed by atoms with E-state index in [1.54, 1.807) is 11.8 Å². The van der Waals surface area contributed by atoms with Gasteiger partial charge in [0.15, 0.2) is 5.78 Å². The standard InChI is InChI=1S/C17H16O2S/c18-16-7-4-10-20-17-11-14(8-9-15(16)17)19-12-13-5-2-1-3-6-13/h1-3,5-6,8-9,11H,4,7,10,12H2. The van der Waals surface area contributed by atoms with Gasteiger partial charge in [0.1, 0.15) is 12.4 Å². The highest BCUT2D eigenvalue weighted by Gasteiger charge is 2.16. The molecule has 1 heterocycles. The van der Waals surface area contributed by atoms with Crippen molar-refractivity contribution in [3.8, 4) is 5.75 Å². The molecule has 2 aromatic carbocycles. The molecule has 2 nitrogen and oxygen atoms in total. The number of carbonyl (C=O) groups is 1. The van der Waals surface area contributed by atoms with Crippen LogP contribution in [0.5, 0.6) is 5.75 Å². The highest BCUT2D eigenvalue weighted by molar-refractivity contribution is 7.99. The van der Waals surface area contributed by atoms with Gasteiger partial charge in [-0.3, -0.25) is 4.79 Å². The number of carbonyl (C=O) groups excluding carboxylic acids is 1. The number of fused-ring (bicyclic) bond motifs is 1. The molecule has 2 aromatic rings. The van der Waals surface area contributed by atoms with E-state index in [1.807, 2.05) is 48.5 Å². The van der Waals surface area contributed by atoms with Crippen LogP contribution in [0.15, 0.2) is 53.4 Å². The number of ketones is 1. The predicted molar refractivity (Wildman–Crippen MR) is 81.5 cm³/mol. The number of Topliss-reactive ketones (excluding diaryl/α,β-unsaturated/α-hetero) is 1. The molecule has 3 rings (SSSR count). The Balaban J connectivity index is 1.75. The van der Waals surface area contributed by atoms with Gasteiger partial charge >= 0.3 is 0 Å². The van der Waals surface area contributed by atoms with Gasteiger partial charge in [0.2, 0.25) is 0 Å². The number of thioether (sulfide) groups is 1. The topological polar surface area (TPSA) is 26.3 Å². The van der Waals surface area contributed by atoms with Crippen LogP contribution >= 0.6 is 11.8 Å². The van der Waals surface area contributed by atoms with E-state index in [0.717, 1.165) is 33.9 Å². The number of rotatable bonds is 3. The van der Waals surface area contributed by atoms with Crippen molar-refractivity contribution in [1.82, 2.24) is 0 Å². The summed E-state index contributed by atoms with van der Waals surface area (Å²) in [5.41, 5.74) is 1.99. The SMILES string of the molecule is O=C1CCCSc2cc(OCc3ccccc3)ccc21. The van der Waals surface area contributed by atoms with Gasteiger partial charge < -0.3 is 4.74 Å². The summed E-state index contributed by atoms with van der Waals surface area (Å²) in [6.07, 6.45) is 1.61. The molecule has 0 fully saturated rings. The van der Waals surface area contributed by atoms with Crippen LogP contribution in [-0.4, -0.2) is 11.5 Å². The Morgan fingerprint density at radius 1 is 1.10 bits per heavy atom. The van der Waals surface area contributed by atoms with E-state index in [4.69, 9.17) is 4.74 Å². The molecule has 0 saturated carbocycles. The maximum Gasteiger partial charge on any atom is 0.164 e. The Morgan fingerprint density at radius 3 is 2.80 bits per heavy atom. The molecule has 0 N–H and O–H groups in total. The summed E-state index contributed by atoms with van der Waals surface area (Å²) in [7, 11) is 0. The van der Waals surface area contributed by atoms with Crippen LogP contribution in [0.1, 0.15) is 28.8 Å². The van der Waals surface area contributed by atoms with Gasteiger partial charge in [-0.2, -0.15) is 0 Å². The summed E-state index contributed by atoms with van der Waals surface area (Å²) >= 11 is 1.75. The molecular weight excluding hydrogens is 268 g/mol. The highest BCUT2D eigenvalue weighted by atomic mass is 32.2. The quantitative estimate of drug-likeness (QED) is 0.839. The summed E-state index contributed by atoms with van der Waals surface area (Å²) in [4.78, 5) is 13.0. The van der Waals surface area contributed by atoms with Gasteiger partial charge in [0.25, 0.3) is 0 Å². The first-order valence-corrected chi connectivity index (χ1v) is 7.78. The van der Waals surface area contributed by atoms with Gasteiger partial charge in [-0.05, 0) is 35.9 Å². The second kappa shape index (κ2) is 6.14. The molecule has 0 atom stereocenters. The first-order valence-electron chi connectivity index (χ1n) is 6.80. The van der Waals surface area contributed by atoms with Crippen molar-refractivity contribution in [2.24, 2.45) is 0 Å². The fourth-order valence-corrected chi connectivity index (χ4v) is 3.28. The second-order valence-corrected chi connectivity index (χ2v) is 5.94. The summed E-state index contributed by atoms with van der Waals surface area (Å²) < 4.78 is 5.81. The summed E-state index contributed by atoms with van der Waals surface area (Å²) in [5, 5.41) is 0. The van der Waals surface area contributed by atoms with Crippen LogP contribution in [0.3, 0.4) is 0 Å². The number of hydrogen-bond donors (Lipinski definition) is 0. The fourth-order valence-electron chi connectivity index (χ4n) is 2.23. The Hall–Kier alpha value is -1.74. The van der Waals surface area contributed by atoms with E-state index >= 15 is 0 Å². The summed E-state index contributed by atoms with van der Waals surface area (Å²) in [6.45, 7) is 0.554. The lowest BCUT2D eigenvalue weighted by molar-refractivity contribution is 0.0980. The van der Waals surface area contributed by atoms with Gasteiger partial charge in [0, 0.05) is 16.9 Å². The Bertz CT molecular complexity index is 608. The molecule has 1 aliphatic heterocycles. The molecule has 102 valence electrons. The van der Waals surface area contributed by atoms with Gasteiger partial charge in [0.05, 0.1) is 0 Å². The second-order valence-electron chi connectivity index (χ2n) is 4.81. The lowest BCUT2D eigenvalue weighted by atomic mass is 10.1. The van der Waals surface area contributed by atoms with Crippen LogP contribution in [-0.2, 0) is 6.61 Å². The van der Waals surface area contributed by atoms with Crippen LogP contribution < -0.4 is 4.74 Å². The number of benzene rings is 2. The average Bonchev–Trinajstić information content (AvgIpc) is 2.68. The van der Waals surface area contributed by atoms with Crippen molar-refractivity contribution in [1.29, 1.82) is 0 Å². The Kier molecular flexibility index (Phi) is 4.07. The van der Waals surface area contributed by atoms with Crippen molar-refractivity contribution >= 4 is 17.5 Å². The molecule has 0 radical (unpaired) electrons. The van der Waals surface area contributed by atoms with E-state index in [9.17, 15) is 4.79 Å². The first kappa shape index (κ1) is 13.3. The highest BCUT2D eigenvalue weighted by Crippen LogP contribution is 2.32. The van der Waals surface area contributed by atoms with Crippen LogP contribution in [0, 0.1) is 0 Å². The van der Waals surface area contributed by atoms with E-state index in [2.05, 4.69) is 0 Å². The van der Waals surface area contributed by atoms with Crippen molar-refractivity contribution in [3.63, 3.8) is 0 Å². The van der Waals surface area contributed by atoms with E-state index < -0.39 is 0 Å². The number of ether oxygens (including phenoxy) is 1. The minimum Gasteiger partial charge on any atom is -0.489 e. The zero-order chi connectivity index (χ0) is 13.8. The molecule has 3 heteroatoms. The van der Waals surface area contributed by atoms with E-state index in [1.165, 1.54) is 0 Å². The molecule has 0 amide bonds. The van der Waals surface area contributed by atoms with Gasteiger partial charge in [-0.25, -0.2) is 0 Å². The third kappa shape index (κ3) is 3.05.